The molecule has 1 aliphatic carbocycles. The van der Waals surface area contributed by atoms with Crippen molar-refractivity contribution in [3.8, 4) is 11.5 Å². The number of phenolic OH excluding ortho intramolecular Hbond substituents is 2. The summed E-state index contributed by atoms with van der Waals surface area (Å²) >= 11 is 1.53. The molecule has 0 aromatic heterocycles. The molecule has 6 heteroatoms. The highest BCUT2D eigenvalue weighted by Gasteiger charge is 2.29. The molecule has 1 aromatic rings. The molecule has 0 fully saturated rings. The van der Waals surface area contributed by atoms with E-state index >= 15 is 0 Å². The molecule has 0 bridgehead atoms. The lowest BCUT2D eigenvalue weighted by atomic mass is 9.92. The quantitative estimate of drug-likeness (QED) is 0.143. The fraction of sp³-hybridized carbons (Fsp3) is 0.382. The Morgan fingerprint density at radius 2 is 2.00 bits per heavy atom. The molecule has 0 spiro atoms. The number of carbonyl (C=O) groups excluding carboxylic acids is 1. The molecular weight excluding hydrogens is 518 g/mol. The predicted molar refractivity (Wildman–Crippen MR) is 167 cm³/mol. The van der Waals surface area contributed by atoms with Gasteiger partial charge in [0.15, 0.2) is 5.78 Å². The minimum absolute atomic E-state index is 0.000884. The van der Waals surface area contributed by atoms with Crippen LogP contribution in [0.1, 0.15) is 89.7 Å². The second kappa shape index (κ2) is 14.2. The van der Waals surface area contributed by atoms with Gasteiger partial charge in [-0.15, -0.1) is 12.3 Å². The number of benzene rings is 1. The van der Waals surface area contributed by atoms with Crippen LogP contribution in [0.3, 0.4) is 0 Å². The number of aromatic hydroxyl groups is 2. The third-order valence-corrected chi connectivity index (χ3v) is 8.38. The lowest BCUT2D eigenvalue weighted by molar-refractivity contribution is -0.114. The fourth-order valence-corrected chi connectivity index (χ4v) is 6.05. The van der Waals surface area contributed by atoms with Crippen LogP contribution in [-0.2, 0) is 9.53 Å². The second-order valence-corrected chi connectivity index (χ2v) is 11.6. The van der Waals surface area contributed by atoms with Gasteiger partial charge in [-0.25, -0.2) is 0 Å². The van der Waals surface area contributed by atoms with Crippen molar-refractivity contribution in [1.82, 2.24) is 0 Å². The number of carbonyl (C=O) groups is 1. The molecule has 0 atom stereocenters. The van der Waals surface area contributed by atoms with Gasteiger partial charge >= 0.3 is 0 Å². The summed E-state index contributed by atoms with van der Waals surface area (Å²) in [4.78, 5) is 15.4. The average molecular weight is 560 g/mol. The van der Waals surface area contributed by atoms with E-state index < -0.39 is 0 Å². The highest BCUT2D eigenvalue weighted by molar-refractivity contribution is 8.07. The van der Waals surface area contributed by atoms with E-state index in [1.165, 1.54) is 33.9 Å². The maximum atomic E-state index is 13.6. The van der Waals surface area contributed by atoms with Gasteiger partial charge in [0.05, 0.1) is 11.1 Å². The molecule has 3 rings (SSSR count). The summed E-state index contributed by atoms with van der Waals surface area (Å²) in [5.41, 5.74) is 7.94. The average Bonchev–Trinajstić information content (AvgIpc) is 3.25. The van der Waals surface area contributed by atoms with Crippen LogP contribution in [0, 0.1) is 5.41 Å². The number of allylic oxidation sites excluding steroid dienone is 6. The van der Waals surface area contributed by atoms with E-state index in [1.54, 1.807) is 12.1 Å². The molecule has 1 heterocycles. The minimum Gasteiger partial charge on any atom is -0.508 e. The Balaban J connectivity index is 2.24. The molecule has 0 saturated carbocycles. The molecule has 0 unspecified atom stereocenters. The van der Waals surface area contributed by atoms with E-state index in [0.717, 1.165) is 32.1 Å². The summed E-state index contributed by atoms with van der Waals surface area (Å²) in [7, 11) is 0. The molecular formula is C34H41NO4S. The minimum atomic E-state index is -0.248. The van der Waals surface area contributed by atoms with Gasteiger partial charge in [0.2, 0.25) is 0 Å². The SMILES string of the molecule is C=CCC1=C(SC(=C)C2=C(c3cc(C(C)C)c(O)cc3O)OCC=C=C2C(=O)CC(=N)CC)CCC/C(=C/C)C1. The van der Waals surface area contributed by atoms with Crippen LogP contribution in [-0.4, -0.2) is 28.3 Å². The highest BCUT2D eigenvalue weighted by atomic mass is 32.2. The largest absolute Gasteiger partial charge is 0.508 e. The first-order valence-corrected chi connectivity index (χ1v) is 14.7. The lowest BCUT2D eigenvalue weighted by Gasteiger charge is -2.21. The second-order valence-electron chi connectivity index (χ2n) is 10.4. The van der Waals surface area contributed by atoms with Crippen molar-refractivity contribution in [2.24, 2.45) is 0 Å². The number of nitrogens with one attached hydrogen (secondary N) is 1. The fourth-order valence-electron chi connectivity index (χ4n) is 4.91. The Labute approximate surface area is 242 Å². The molecule has 40 heavy (non-hydrogen) atoms. The van der Waals surface area contributed by atoms with Crippen molar-refractivity contribution in [2.45, 2.75) is 78.6 Å². The zero-order valence-electron chi connectivity index (χ0n) is 24.2. The van der Waals surface area contributed by atoms with Gasteiger partial charge in [0.25, 0.3) is 0 Å². The van der Waals surface area contributed by atoms with Crippen molar-refractivity contribution in [2.75, 3.05) is 6.61 Å². The van der Waals surface area contributed by atoms with E-state index in [0.29, 0.717) is 39.5 Å². The Bertz CT molecular complexity index is 1370. The number of ketones is 1. The zero-order chi connectivity index (χ0) is 29.4. The third kappa shape index (κ3) is 7.38. The van der Waals surface area contributed by atoms with Gasteiger partial charge in [0, 0.05) is 28.7 Å². The molecule has 1 aromatic carbocycles. The molecule has 2 aliphatic rings. The van der Waals surface area contributed by atoms with E-state index in [1.807, 2.05) is 26.8 Å². The number of thioether (sulfide) groups is 1. The summed E-state index contributed by atoms with van der Waals surface area (Å²) in [6.07, 6.45) is 10.8. The van der Waals surface area contributed by atoms with E-state index in [-0.39, 0.29) is 41.8 Å². The number of phenols is 2. The zero-order valence-corrected chi connectivity index (χ0v) is 25.0. The number of hydrogen-bond acceptors (Lipinski definition) is 6. The Hall–Kier alpha value is -3.47. The van der Waals surface area contributed by atoms with Crippen LogP contribution < -0.4 is 0 Å². The molecule has 1 aliphatic heterocycles. The van der Waals surface area contributed by atoms with Gasteiger partial charge in [0.1, 0.15) is 23.9 Å². The summed E-state index contributed by atoms with van der Waals surface area (Å²) in [5, 5.41) is 29.6. The first-order valence-electron chi connectivity index (χ1n) is 13.9. The van der Waals surface area contributed by atoms with E-state index in [4.69, 9.17) is 10.1 Å². The Morgan fingerprint density at radius 1 is 1.25 bits per heavy atom. The number of rotatable bonds is 11. The summed E-state index contributed by atoms with van der Waals surface area (Å²) in [6.45, 7) is 16.4. The van der Waals surface area contributed by atoms with Gasteiger partial charge in [-0.2, -0.15) is 0 Å². The van der Waals surface area contributed by atoms with Crippen LogP contribution >= 0.6 is 11.8 Å². The summed E-state index contributed by atoms with van der Waals surface area (Å²) < 4.78 is 6.19. The van der Waals surface area contributed by atoms with Crippen LogP contribution in [0.5, 0.6) is 11.5 Å². The van der Waals surface area contributed by atoms with Crippen LogP contribution in [0.2, 0.25) is 0 Å². The van der Waals surface area contributed by atoms with Crippen molar-refractivity contribution >= 4 is 29.0 Å². The van der Waals surface area contributed by atoms with Crippen LogP contribution in [0.15, 0.2) is 81.4 Å². The van der Waals surface area contributed by atoms with Gasteiger partial charge in [-0.3, -0.25) is 4.79 Å². The highest BCUT2D eigenvalue weighted by Crippen LogP contribution is 2.46. The molecule has 5 nitrogen and oxygen atoms in total. The van der Waals surface area contributed by atoms with Gasteiger partial charge in [-0.1, -0.05) is 62.4 Å². The molecule has 212 valence electrons. The van der Waals surface area contributed by atoms with Crippen molar-refractivity contribution in [3.63, 3.8) is 0 Å². The Kier molecular flexibility index (Phi) is 11.1. The number of ether oxygens (including phenoxy) is 1. The third-order valence-electron chi connectivity index (χ3n) is 7.19. The standard InChI is InChI=1S/C34H41NO4S/c1-7-12-24-17-23(8-2)13-10-15-32(24)40-22(6)33-26(29(36)18-25(35)9-3)14-11-16-39-34(33)28-19-27(21(4)5)30(37)20-31(28)38/h7-8,11,19-21,35,37-38H,1,6,9-10,12-13,15-18H2,2-5H3/b23-8-,35-25?. The van der Waals surface area contributed by atoms with Crippen molar-refractivity contribution < 1.29 is 19.7 Å². The normalized spacial score (nSPS) is 16.9. The summed E-state index contributed by atoms with van der Waals surface area (Å²) in [5.74, 6) is -0.0919. The van der Waals surface area contributed by atoms with Crippen molar-refractivity contribution in [3.05, 3.63) is 92.5 Å². The summed E-state index contributed by atoms with van der Waals surface area (Å²) in [6, 6.07) is 3.04. The molecule has 3 N–H and O–H groups in total. The Morgan fingerprint density at radius 3 is 2.65 bits per heavy atom. The molecule has 0 amide bonds. The van der Waals surface area contributed by atoms with E-state index in [2.05, 4.69) is 31.9 Å². The van der Waals surface area contributed by atoms with Gasteiger partial charge in [-0.05, 0) is 74.0 Å². The lowest BCUT2D eigenvalue weighted by Crippen LogP contribution is -2.12. The smallest absolute Gasteiger partial charge is 0.176 e. The first kappa shape index (κ1) is 31.1. The monoisotopic (exact) mass is 559 g/mol. The van der Waals surface area contributed by atoms with E-state index in [9.17, 15) is 15.0 Å². The van der Waals surface area contributed by atoms with Gasteiger partial charge < -0.3 is 20.4 Å². The molecule has 0 saturated heterocycles. The van der Waals surface area contributed by atoms with Crippen molar-refractivity contribution in [1.29, 1.82) is 5.41 Å². The van der Waals surface area contributed by atoms with Crippen LogP contribution in [0.4, 0.5) is 0 Å². The van der Waals surface area contributed by atoms with Crippen LogP contribution in [0.25, 0.3) is 5.76 Å². The first-order chi connectivity index (χ1) is 19.1. The number of Topliss-reactive ketones (excluding diaryl/α,β-unsaturated/α-hetero) is 1. The maximum absolute atomic E-state index is 13.6. The number of hydrogen-bond donors (Lipinski definition) is 3. The topological polar surface area (TPSA) is 90.6 Å². The molecule has 0 radical (unpaired) electrons. The predicted octanol–water partition coefficient (Wildman–Crippen LogP) is 9.03. The maximum Gasteiger partial charge on any atom is 0.176 e.